The number of amides is 1. The molecular formula is C17H21N3O3S2. The highest BCUT2D eigenvalue weighted by Gasteiger charge is 2.34. The van der Waals surface area contributed by atoms with Gasteiger partial charge in [-0.15, -0.1) is 11.3 Å². The summed E-state index contributed by atoms with van der Waals surface area (Å²) in [5.41, 5.74) is 0.941. The molecule has 0 saturated carbocycles. The van der Waals surface area contributed by atoms with Crippen molar-refractivity contribution >= 4 is 27.3 Å². The molecule has 8 heteroatoms. The molecule has 1 unspecified atom stereocenters. The summed E-state index contributed by atoms with van der Waals surface area (Å²) in [4.78, 5) is 18.0. The van der Waals surface area contributed by atoms with Crippen LogP contribution in [-0.4, -0.2) is 47.6 Å². The first kappa shape index (κ1) is 18.0. The van der Waals surface area contributed by atoms with Gasteiger partial charge in [0, 0.05) is 45.0 Å². The van der Waals surface area contributed by atoms with E-state index in [1.54, 1.807) is 34.8 Å². The molecule has 0 radical (unpaired) electrons. The van der Waals surface area contributed by atoms with Crippen molar-refractivity contribution in [1.29, 1.82) is 0 Å². The molecule has 6 nitrogen and oxygen atoms in total. The Kier molecular flexibility index (Phi) is 5.51. The van der Waals surface area contributed by atoms with Crippen molar-refractivity contribution in [1.82, 2.24) is 14.2 Å². The quantitative estimate of drug-likeness (QED) is 0.799. The fourth-order valence-corrected chi connectivity index (χ4v) is 5.78. The summed E-state index contributed by atoms with van der Waals surface area (Å²) in [6.45, 7) is 2.80. The topological polar surface area (TPSA) is 70.6 Å². The first-order chi connectivity index (χ1) is 12.0. The van der Waals surface area contributed by atoms with Gasteiger partial charge in [-0.1, -0.05) is 12.1 Å². The van der Waals surface area contributed by atoms with Gasteiger partial charge in [-0.2, -0.15) is 4.31 Å². The van der Waals surface area contributed by atoms with E-state index in [-0.39, 0.29) is 11.9 Å². The van der Waals surface area contributed by atoms with E-state index < -0.39 is 10.0 Å². The Balaban J connectivity index is 1.78. The van der Waals surface area contributed by atoms with Gasteiger partial charge in [-0.3, -0.25) is 9.78 Å². The lowest BCUT2D eigenvalue weighted by atomic mass is 10.0. The van der Waals surface area contributed by atoms with Gasteiger partial charge in [0.25, 0.3) is 10.0 Å². The molecule has 0 aliphatic carbocycles. The molecule has 1 aliphatic heterocycles. The van der Waals surface area contributed by atoms with Crippen LogP contribution in [0, 0.1) is 0 Å². The normalized spacial score (nSPS) is 18.8. The standard InChI is InChI=1S/C17H21N3O3S2/c1-14(21)20(12-15-5-2-8-18-11-15)16-6-3-9-19(13-16)25(22,23)17-7-4-10-24-17/h2,4-5,7-8,10-11,16H,3,6,9,12-13H2,1H3. The van der Waals surface area contributed by atoms with Gasteiger partial charge in [0.1, 0.15) is 4.21 Å². The van der Waals surface area contributed by atoms with E-state index in [0.29, 0.717) is 23.8 Å². The van der Waals surface area contributed by atoms with E-state index >= 15 is 0 Å². The minimum atomic E-state index is -3.48. The van der Waals surface area contributed by atoms with Crippen LogP contribution < -0.4 is 0 Å². The van der Waals surface area contributed by atoms with Crippen molar-refractivity contribution in [2.45, 2.75) is 36.6 Å². The molecule has 1 fully saturated rings. The number of pyridine rings is 1. The van der Waals surface area contributed by atoms with Crippen LogP contribution in [0.25, 0.3) is 0 Å². The van der Waals surface area contributed by atoms with Crippen LogP contribution in [0.1, 0.15) is 25.3 Å². The molecule has 2 aromatic heterocycles. The van der Waals surface area contributed by atoms with Gasteiger partial charge in [0.15, 0.2) is 0 Å². The van der Waals surface area contributed by atoms with E-state index in [4.69, 9.17) is 0 Å². The van der Waals surface area contributed by atoms with Gasteiger partial charge < -0.3 is 4.90 Å². The Hall–Kier alpha value is -1.77. The molecule has 0 spiro atoms. The Morgan fingerprint density at radius 1 is 1.40 bits per heavy atom. The molecule has 1 amide bonds. The molecule has 0 N–H and O–H groups in total. The number of thiophene rings is 1. The Labute approximate surface area is 152 Å². The Morgan fingerprint density at radius 2 is 2.24 bits per heavy atom. The van der Waals surface area contributed by atoms with Crippen molar-refractivity contribution in [2.75, 3.05) is 13.1 Å². The molecule has 1 atom stereocenters. The molecule has 134 valence electrons. The molecular weight excluding hydrogens is 358 g/mol. The van der Waals surface area contributed by atoms with Crippen molar-refractivity contribution in [3.8, 4) is 0 Å². The number of hydrogen-bond donors (Lipinski definition) is 0. The van der Waals surface area contributed by atoms with Gasteiger partial charge in [-0.25, -0.2) is 8.42 Å². The second-order valence-electron chi connectivity index (χ2n) is 6.10. The van der Waals surface area contributed by atoms with Gasteiger partial charge in [0.05, 0.1) is 0 Å². The Morgan fingerprint density at radius 3 is 2.88 bits per heavy atom. The third-order valence-corrected chi connectivity index (χ3v) is 7.61. The molecule has 3 heterocycles. The average Bonchev–Trinajstić information content (AvgIpc) is 3.16. The molecule has 1 saturated heterocycles. The number of piperidine rings is 1. The molecule has 1 aliphatic rings. The number of rotatable bonds is 5. The maximum atomic E-state index is 12.8. The number of nitrogens with zero attached hydrogens (tertiary/aromatic N) is 3. The minimum absolute atomic E-state index is 0.0516. The fourth-order valence-electron chi connectivity index (χ4n) is 3.12. The summed E-state index contributed by atoms with van der Waals surface area (Å²) in [5.74, 6) is -0.0516. The lowest BCUT2D eigenvalue weighted by Crippen LogP contribution is -2.50. The zero-order valence-corrected chi connectivity index (χ0v) is 15.7. The number of carbonyl (C=O) groups excluding carboxylic acids is 1. The van der Waals surface area contributed by atoms with Crippen LogP contribution in [0.3, 0.4) is 0 Å². The average molecular weight is 380 g/mol. The van der Waals surface area contributed by atoms with E-state index in [9.17, 15) is 13.2 Å². The van der Waals surface area contributed by atoms with E-state index in [0.717, 1.165) is 18.4 Å². The lowest BCUT2D eigenvalue weighted by molar-refractivity contribution is -0.132. The van der Waals surface area contributed by atoms with Crippen molar-refractivity contribution in [2.24, 2.45) is 0 Å². The van der Waals surface area contributed by atoms with Crippen LogP contribution >= 0.6 is 11.3 Å². The molecule has 25 heavy (non-hydrogen) atoms. The molecule has 3 rings (SSSR count). The number of aromatic nitrogens is 1. The zero-order chi connectivity index (χ0) is 17.9. The first-order valence-corrected chi connectivity index (χ1v) is 10.5. The predicted molar refractivity (Wildman–Crippen MR) is 96.6 cm³/mol. The summed E-state index contributed by atoms with van der Waals surface area (Å²) >= 11 is 1.22. The van der Waals surface area contributed by atoms with Crippen molar-refractivity contribution in [3.05, 3.63) is 47.6 Å². The van der Waals surface area contributed by atoms with Gasteiger partial charge in [-0.05, 0) is 35.9 Å². The second kappa shape index (κ2) is 7.63. The SMILES string of the molecule is CC(=O)N(Cc1cccnc1)C1CCCN(S(=O)(=O)c2cccs2)C1. The lowest BCUT2D eigenvalue weighted by Gasteiger charge is -2.38. The van der Waals surface area contributed by atoms with Crippen molar-refractivity contribution < 1.29 is 13.2 Å². The number of carbonyl (C=O) groups is 1. The smallest absolute Gasteiger partial charge is 0.252 e. The zero-order valence-electron chi connectivity index (χ0n) is 14.0. The van der Waals surface area contributed by atoms with Crippen LogP contribution in [0.4, 0.5) is 0 Å². The third-order valence-electron chi connectivity index (χ3n) is 4.37. The van der Waals surface area contributed by atoms with Gasteiger partial charge >= 0.3 is 0 Å². The summed E-state index contributed by atoms with van der Waals surface area (Å²) in [6.07, 6.45) is 4.97. The van der Waals surface area contributed by atoms with Crippen LogP contribution in [0.2, 0.25) is 0 Å². The summed E-state index contributed by atoms with van der Waals surface area (Å²) in [5, 5.41) is 1.76. The first-order valence-electron chi connectivity index (χ1n) is 8.18. The number of sulfonamides is 1. The molecule has 0 aromatic carbocycles. The minimum Gasteiger partial charge on any atom is -0.334 e. The highest BCUT2D eigenvalue weighted by Crippen LogP contribution is 2.26. The van der Waals surface area contributed by atoms with E-state index in [2.05, 4.69) is 4.98 Å². The van der Waals surface area contributed by atoms with Crippen LogP contribution in [0.15, 0.2) is 46.2 Å². The second-order valence-corrected chi connectivity index (χ2v) is 9.21. The maximum Gasteiger partial charge on any atom is 0.252 e. The highest BCUT2D eigenvalue weighted by atomic mass is 32.2. The molecule has 0 bridgehead atoms. The van der Waals surface area contributed by atoms with Gasteiger partial charge in [0.2, 0.25) is 5.91 Å². The predicted octanol–water partition coefficient (Wildman–Crippen LogP) is 2.34. The van der Waals surface area contributed by atoms with E-state index in [1.807, 2.05) is 12.1 Å². The fraction of sp³-hybridized carbons (Fsp3) is 0.412. The monoisotopic (exact) mass is 379 g/mol. The number of hydrogen-bond acceptors (Lipinski definition) is 5. The van der Waals surface area contributed by atoms with E-state index in [1.165, 1.54) is 22.6 Å². The largest absolute Gasteiger partial charge is 0.334 e. The summed E-state index contributed by atoms with van der Waals surface area (Å²) in [7, 11) is -3.48. The maximum absolute atomic E-state index is 12.8. The van der Waals surface area contributed by atoms with Crippen LogP contribution in [-0.2, 0) is 21.4 Å². The third kappa shape index (κ3) is 4.08. The Bertz CT molecular complexity index is 807. The molecule has 2 aromatic rings. The van der Waals surface area contributed by atoms with Crippen molar-refractivity contribution in [3.63, 3.8) is 0 Å². The highest BCUT2D eigenvalue weighted by molar-refractivity contribution is 7.91. The summed E-state index contributed by atoms with van der Waals surface area (Å²) in [6, 6.07) is 7.00. The summed E-state index contributed by atoms with van der Waals surface area (Å²) < 4.78 is 27.4. The van der Waals surface area contributed by atoms with Crippen LogP contribution in [0.5, 0.6) is 0 Å².